The molecular formula is C18H30IN3O3. The highest BCUT2D eigenvalue weighted by Gasteiger charge is 2.04. The summed E-state index contributed by atoms with van der Waals surface area (Å²) in [5, 5.41) is 6.55. The van der Waals surface area contributed by atoms with Crippen molar-refractivity contribution >= 4 is 29.9 Å². The van der Waals surface area contributed by atoms with Gasteiger partial charge in [0.25, 0.3) is 0 Å². The third-order valence-electron chi connectivity index (χ3n) is 3.19. The van der Waals surface area contributed by atoms with Crippen molar-refractivity contribution < 1.29 is 14.2 Å². The number of halogens is 1. The second-order valence-electron chi connectivity index (χ2n) is 5.02. The molecule has 1 rings (SSSR count). The van der Waals surface area contributed by atoms with Crippen molar-refractivity contribution in [2.75, 3.05) is 47.1 Å². The summed E-state index contributed by atoms with van der Waals surface area (Å²) >= 11 is 0. The van der Waals surface area contributed by atoms with Crippen LogP contribution in [0.4, 0.5) is 0 Å². The van der Waals surface area contributed by atoms with Crippen molar-refractivity contribution in [3.8, 4) is 5.75 Å². The van der Waals surface area contributed by atoms with Crippen LogP contribution in [0.2, 0.25) is 0 Å². The van der Waals surface area contributed by atoms with Gasteiger partial charge in [0.15, 0.2) is 5.96 Å². The first-order valence-corrected chi connectivity index (χ1v) is 8.14. The van der Waals surface area contributed by atoms with Crippen LogP contribution in [0, 0.1) is 0 Å². The third-order valence-corrected chi connectivity index (χ3v) is 3.19. The second kappa shape index (κ2) is 16.2. The quantitative estimate of drug-likeness (QED) is 0.164. The van der Waals surface area contributed by atoms with Crippen LogP contribution < -0.4 is 15.4 Å². The van der Waals surface area contributed by atoms with Crippen molar-refractivity contribution in [2.24, 2.45) is 4.99 Å². The lowest BCUT2D eigenvalue weighted by Crippen LogP contribution is -2.37. The monoisotopic (exact) mass is 463 g/mol. The number of methoxy groups -OCH3 is 1. The number of para-hydroxylation sites is 1. The summed E-state index contributed by atoms with van der Waals surface area (Å²) in [6.45, 7) is 7.55. The van der Waals surface area contributed by atoms with E-state index in [4.69, 9.17) is 14.2 Å². The highest BCUT2D eigenvalue weighted by atomic mass is 127. The fraction of sp³-hybridized carbons (Fsp3) is 0.500. The van der Waals surface area contributed by atoms with E-state index in [0.717, 1.165) is 30.2 Å². The molecule has 142 valence electrons. The SMILES string of the molecule is C=CCOc1ccccc1CNC(=NC)NCCCOCCOC.I. The smallest absolute Gasteiger partial charge is 0.191 e. The Labute approximate surface area is 168 Å². The minimum Gasteiger partial charge on any atom is -0.489 e. The van der Waals surface area contributed by atoms with Crippen molar-refractivity contribution in [3.05, 3.63) is 42.5 Å². The summed E-state index contributed by atoms with van der Waals surface area (Å²) in [5.41, 5.74) is 1.07. The van der Waals surface area contributed by atoms with E-state index in [1.165, 1.54) is 0 Å². The molecule has 2 N–H and O–H groups in total. The Balaban J connectivity index is 0.00000576. The van der Waals surface area contributed by atoms with Gasteiger partial charge < -0.3 is 24.8 Å². The zero-order valence-electron chi connectivity index (χ0n) is 15.1. The molecule has 0 aliphatic heterocycles. The number of rotatable bonds is 12. The minimum atomic E-state index is 0. The lowest BCUT2D eigenvalue weighted by molar-refractivity contribution is 0.0698. The molecule has 7 heteroatoms. The van der Waals surface area contributed by atoms with E-state index in [0.29, 0.717) is 33.0 Å². The number of ether oxygens (including phenoxy) is 3. The molecular weight excluding hydrogens is 433 g/mol. The van der Waals surface area contributed by atoms with Gasteiger partial charge in [-0.15, -0.1) is 24.0 Å². The van der Waals surface area contributed by atoms with Gasteiger partial charge in [0, 0.05) is 39.4 Å². The van der Waals surface area contributed by atoms with Gasteiger partial charge in [-0.2, -0.15) is 0 Å². The summed E-state index contributed by atoms with van der Waals surface area (Å²) < 4.78 is 16.0. The molecule has 6 nitrogen and oxygen atoms in total. The minimum absolute atomic E-state index is 0. The van der Waals surface area contributed by atoms with Crippen LogP contribution in [0.15, 0.2) is 41.9 Å². The molecule has 25 heavy (non-hydrogen) atoms. The van der Waals surface area contributed by atoms with Gasteiger partial charge in [-0.1, -0.05) is 30.9 Å². The van der Waals surface area contributed by atoms with Crippen LogP contribution in [0.1, 0.15) is 12.0 Å². The van der Waals surface area contributed by atoms with Crippen molar-refractivity contribution in [1.29, 1.82) is 0 Å². The van der Waals surface area contributed by atoms with Crippen LogP contribution in [0.5, 0.6) is 5.75 Å². The van der Waals surface area contributed by atoms with Gasteiger partial charge in [-0.25, -0.2) is 0 Å². The van der Waals surface area contributed by atoms with E-state index in [1.807, 2.05) is 24.3 Å². The summed E-state index contributed by atoms with van der Waals surface area (Å²) in [6, 6.07) is 7.93. The Bertz CT molecular complexity index is 498. The maximum atomic E-state index is 5.65. The number of nitrogens with one attached hydrogen (secondary N) is 2. The number of aliphatic imine (C=N–C) groups is 1. The Morgan fingerprint density at radius 1 is 1.20 bits per heavy atom. The molecule has 0 unspecified atom stereocenters. The highest BCUT2D eigenvalue weighted by molar-refractivity contribution is 14.0. The van der Waals surface area contributed by atoms with Crippen molar-refractivity contribution in [3.63, 3.8) is 0 Å². The highest BCUT2D eigenvalue weighted by Crippen LogP contribution is 2.17. The molecule has 0 atom stereocenters. The zero-order chi connectivity index (χ0) is 17.5. The number of hydrogen-bond donors (Lipinski definition) is 2. The normalized spacial score (nSPS) is 10.7. The van der Waals surface area contributed by atoms with Gasteiger partial charge >= 0.3 is 0 Å². The molecule has 0 heterocycles. The molecule has 0 amide bonds. The van der Waals surface area contributed by atoms with Gasteiger partial charge in [0.2, 0.25) is 0 Å². The van der Waals surface area contributed by atoms with E-state index in [1.54, 1.807) is 20.2 Å². The average Bonchev–Trinajstić information content (AvgIpc) is 2.62. The van der Waals surface area contributed by atoms with Gasteiger partial charge in [-0.3, -0.25) is 4.99 Å². The Hall–Kier alpha value is -1.32. The van der Waals surface area contributed by atoms with Crippen LogP contribution in [-0.2, 0) is 16.0 Å². The van der Waals surface area contributed by atoms with Gasteiger partial charge in [-0.05, 0) is 12.5 Å². The number of guanidine groups is 1. The third kappa shape index (κ3) is 11.0. The molecule has 0 saturated carbocycles. The van der Waals surface area contributed by atoms with Gasteiger partial charge in [0.1, 0.15) is 12.4 Å². The molecule has 0 aromatic heterocycles. The van der Waals surface area contributed by atoms with E-state index in [9.17, 15) is 0 Å². The first-order valence-electron chi connectivity index (χ1n) is 8.14. The van der Waals surface area contributed by atoms with Crippen molar-refractivity contribution in [1.82, 2.24) is 10.6 Å². The van der Waals surface area contributed by atoms with Crippen LogP contribution >= 0.6 is 24.0 Å². The second-order valence-corrected chi connectivity index (χ2v) is 5.02. The van der Waals surface area contributed by atoms with E-state index < -0.39 is 0 Å². The van der Waals surface area contributed by atoms with Crippen LogP contribution in [0.3, 0.4) is 0 Å². The lowest BCUT2D eigenvalue weighted by atomic mass is 10.2. The summed E-state index contributed by atoms with van der Waals surface area (Å²) in [4.78, 5) is 4.22. The predicted octanol–water partition coefficient (Wildman–Crippen LogP) is 2.59. The van der Waals surface area contributed by atoms with E-state index in [-0.39, 0.29) is 24.0 Å². The largest absolute Gasteiger partial charge is 0.489 e. The van der Waals surface area contributed by atoms with E-state index >= 15 is 0 Å². The molecule has 0 bridgehead atoms. The maximum Gasteiger partial charge on any atom is 0.191 e. The Morgan fingerprint density at radius 3 is 2.72 bits per heavy atom. The Morgan fingerprint density at radius 2 is 2.00 bits per heavy atom. The topological polar surface area (TPSA) is 64.1 Å². The molecule has 0 aliphatic carbocycles. The molecule has 1 aromatic rings. The van der Waals surface area contributed by atoms with Crippen LogP contribution in [-0.4, -0.2) is 53.1 Å². The average molecular weight is 463 g/mol. The summed E-state index contributed by atoms with van der Waals surface area (Å²) in [6.07, 6.45) is 2.64. The first kappa shape index (κ1) is 23.7. The van der Waals surface area contributed by atoms with E-state index in [2.05, 4.69) is 22.2 Å². The molecule has 0 radical (unpaired) electrons. The fourth-order valence-corrected chi connectivity index (χ4v) is 1.96. The summed E-state index contributed by atoms with van der Waals surface area (Å²) in [7, 11) is 3.42. The molecule has 0 aliphatic rings. The number of nitrogens with zero attached hydrogens (tertiary/aromatic N) is 1. The maximum absolute atomic E-state index is 5.65. The molecule has 0 fully saturated rings. The van der Waals surface area contributed by atoms with Crippen molar-refractivity contribution in [2.45, 2.75) is 13.0 Å². The Kier molecular flexibility index (Phi) is 15.3. The lowest BCUT2D eigenvalue weighted by Gasteiger charge is -2.14. The first-order chi connectivity index (χ1) is 11.8. The predicted molar refractivity (Wildman–Crippen MR) is 113 cm³/mol. The summed E-state index contributed by atoms with van der Waals surface area (Å²) in [5.74, 6) is 1.61. The number of benzene rings is 1. The molecule has 1 aromatic carbocycles. The van der Waals surface area contributed by atoms with Gasteiger partial charge in [0.05, 0.1) is 13.2 Å². The standard InChI is InChI=1S/C18H29N3O3.HI/c1-4-11-24-17-9-6-5-8-16(17)15-21-18(19-2)20-10-7-12-23-14-13-22-3;/h4-6,8-9H,1,7,10-15H2,2-3H3,(H2,19,20,21);1H. The molecule has 0 saturated heterocycles. The fourth-order valence-electron chi connectivity index (χ4n) is 1.96. The zero-order valence-corrected chi connectivity index (χ0v) is 17.5. The number of hydrogen-bond acceptors (Lipinski definition) is 4. The van der Waals surface area contributed by atoms with Crippen LogP contribution in [0.25, 0.3) is 0 Å². The molecule has 0 spiro atoms.